The van der Waals surface area contributed by atoms with Gasteiger partial charge < -0.3 is 10.3 Å². The van der Waals surface area contributed by atoms with Crippen molar-refractivity contribution in [2.24, 2.45) is 5.73 Å². The summed E-state index contributed by atoms with van der Waals surface area (Å²) in [4.78, 5) is 30.8. The quantitative estimate of drug-likeness (QED) is 0.473. The number of fused-ring (bicyclic) bond motifs is 1. The number of hydrogen-bond acceptors (Lipinski definition) is 5. The zero-order valence-corrected chi connectivity index (χ0v) is 18.0. The van der Waals surface area contributed by atoms with Gasteiger partial charge in [-0.15, -0.1) is 0 Å². The second-order valence-corrected chi connectivity index (χ2v) is 8.65. The van der Waals surface area contributed by atoms with Crippen LogP contribution in [0.3, 0.4) is 0 Å². The molecule has 0 atom stereocenters. The molecule has 4 rings (SSSR count). The Kier molecular flexibility index (Phi) is 5.69. The second kappa shape index (κ2) is 8.41. The van der Waals surface area contributed by atoms with E-state index in [9.17, 15) is 9.59 Å². The van der Waals surface area contributed by atoms with Crippen LogP contribution in [0.4, 0.5) is 0 Å². The number of thiocarbonyl (C=S) groups is 1. The third-order valence-electron chi connectivity index (χ3n) is 4.94. The number of hydrogen-bond donors (Lipinski definition) is 1. The Balaban J connectivity index is 1.72. The van der Waals surface area contributed by atoms with Crippen molar-refractivity contribution in [2.45, 2.75) is 26.4 Å². The normalized spacial score (nSPS) is 15.5. The molecule has 0 spiro atoms. The van der Waals surface area contributed by atoms with Crippen LogP contribution < -0.4 is 5.73 Å². The minimum atomic E-state index is -0.410. The number of benzene rings is 1. The number of amides is 2. The molecule has 0 aliphatic carbocycles. The summed E-state index contributed by atoms with van der Waals surface area (Å²) in [6.07, 6.45) is 7.98. The highest BCUT2D eigenvalue weighted by Crippen LogP contribution is 2.35. The van der Waals surface area contributed by atoms with Crippen LogP contribution in [0.15, 0.2) is 53.8 Å². The van der Waals surface area contributed by atoms with Crippen LogP contribution in [0.2, 0.25) is 0 Å². The standard InChI is InChI=1S/C22H20N4O2S2/c1-2-15-6-3-7-17-16(12-25(20(15)17)13-19(23)27)9-18-21(28)26(22(29)30-18)11-14-5-4-8-24-10-14/h3-10,12H,2,11,13H2,1H3,(H2,23,27)/b18-9-. The molecule has 2 N–H and O–H groups in total. The highest BCUT2D eigenvalue weighted by atomic mass is 32.2. The summed E-state index contributed by atoms with van der Waals surface area (Å²) in [5, 5.41) is 0.980. The number of carbonyl (C=O) groups excluding carboxylic acids is 2. The Bertz CT molecular complexity index is 1180. The molecule has 1 aliphatic heterocycles. The number of rotatable bonds is 6. The maximum absolute atomic E-state index is 13.0. The van der Waals surface area contributed by atoms with Crippen LogP contribution in [0.5, 0.6) is 0 Å². The smallest absolute Gasteiger partial charge is 0.266 e. The average molecular weight is 437 g/mol. The Morgan fingerprint density at radius 1 is 1.30 bits per heavy atom. The van der Waals surface area contributed by atoms with Crippen molar-refractivity contribution >= 4 is 57.1 Å². The van der Waals surface area contributed by atoms with Gasteiger partial charge in [0.25, 0.3) is 5.91 Å². The summed E-state index contributed by atoms with van der Waals surface area (Å²) in [5.74, 6) is -0.538. The highest BCUT2D eigenvalue weighted by Gasteiger charge is 2.32. The lowest BCUT2D eigenvalue weighted by Crippen LogP contribution is -2.27. The van der Waals surface area contributed by atoms with Crippen LogP contribution in [0, 0.1) is 0 Å². The Morgan fingerprint density at radius 2 is 2.13 bits per heavy atom. The van der Waals surface area contributed by atoms with Crippen molar-refractivity contribution in [1.29, 1.82) is 0 Å². The molecule has 3 aromatic rings. The fourth-order valence-electron chi connectivity index (χ4n) is 3.61. The third kappa shape index (κ3) is 3.88. The molecule has 1 fully saturated rings. The van der Waals surface area contributed by atoms with Gasteiger partial charge in [0.2, 0.25) is 5.91 Å². The van der Waals surface area contributed by atoms with Gasteiger partial charge in [0.15, 0.2) is 0 Å². The zero-order chi connectivity index (χ0) is 21.3. The molecule has 3 heterocycles. The lowest BCUT2D eigenvalue weighted by Gasteiger charge is -2.13. The van der Waals surface area contributed by atoms with E-state index in [0.29, 0.717) is 15.8 Å². The van der Waals surface area contributed by atoms with Gasteiger partial charge in [-0.3, -0.25) is 19.5 Å². The van der Waals surface area contributed by atoms with Gasteiger partial charge in [-0.25, -0.2) is 0 Å². The van der Waals surface area contributed by atoms with E-state index in [1.54, 1.807) is 17.3 Å². The van der Waals surface area contributed by atoms with E-state index < -0.39 is 5.91 Å². The fourth-order valence-corrected chi connectivity index (χ4v) is 4.86. The molecule has 8 heteroatoms. The van der Waals surface area contributed by atoms with Crippen LogP contribution in [0.25, 0.3) is 17.0 Å². The summed E-state index contributed by atoms with van der Waals surface area (Å²) in [6, 6.07) is 9.77. The fraction of sp³-hybridized carbons (Fsp3) is 0.182. The monoisotopic (exact) mass is 436 g/mol. The van der Waals surface area contributed by atoms with E-state index in [1.807, 2.05) is 47.2 Å². The molecule has 1 aromatic carbocycles. The first kappa shape index (κ1) is 20.3. The molecule has 6 nitrogen and oxygen atoms in total. The first-order valence-electron chi connectivity index (χ1n) is 9.51. The van der Waals surface area contributed by atoms with Crippen LogP contribution in [-0.4, -0.2) is 30.6 Å². The molecular formula is C22H20N4O2S2. The van der Waals surface area contributed by atoms with Gasteiger partial charge in [-0.05, 0) is 29.7 Å². The van der Waals surface area contributed by atoms with Crippen molar-refractivity contribution in [2.75, 3.05) is 0 Å². The van der Waals surface area contributed by atoms with Gasteiger partial charge in [-0.1, -0.05) is 55.2 Å². The summed E-state index contributed by atoms with van der Waals surface area (Å²) in [6.45, 7) is 2.54. The Morgan fingerprint density at radius 3 is 2.83 bits per heavy atom. The third-order valence-corrected chi connectivity index (χ3v) is 6.32. The van der Waals surface area contributed by atoms with E-state index in [0.717, 1.165) is 34.0 Å². The van der Waals surface area contributed by atoms with Gasteiger partial charge >= 0.3 is 0 Å². The zero-order valence-electron chi connectivity index (χ0n) is 16.4. The van der Waals surface area contributed by atoms with Crippen LogP contribution >= 0.6 is 24.0 Å². The Hall–Kier alpha value is -2.97. The lowest BCUT2D eigenvalue weighted by molar-refractivity contribution is -0.122. The molecule has 30 heavy (non-hydrogen) atoms. The molecule has 0 unspecified atom stereocenters. The number of thioether (sulfide) groups is 1. The first-order chi connectivity index (χ1) is 14.5. The predicted molar refractivity (Wildman–Crippen MR) is 123 cm³/mol. The number of primary amides is 1. The number of nitrogens with zero attached hydrogens (tertiary/aromatic N) is 3. The number of aryl methyl sites for hydroxylation is 1. The summed E-state index contributed by atoms with van der Waals surface area (Å²) >= 11 is 6.73. The van der Waals surface area contributed by atoms with Gasteiger partial charge in [0, 0.05) is 29.5 Å². The molecule has 0 bridgehead atoms. The van der Waals surface area contributed by atoms with Crippen molar-refractivity contribution in [3.8, 4) is 0 Å². The number of aromatic nitrogens is 2. The first-order valence-corrected chi connectivity index (χ1v) is 10.7. The van der Waals surface area contributed by atoms with Crippen LogP contribution in [-0.2, 0) is 29.1 Å². The van der Waals surface area contributed by atoms with Crippen molar-refractivity contribution in [3.05, 3.63) is 70.5 Å². The van der Waals surface area contributed by atoms with E-state index in [2.05, 4.69) is 11.9 Å². The van der Waals surface area contributed by atoms with Crippen molar-refractivity contribution in [3.63, 3.8) is 0 Å². The molecule has 2 amide bonds. The Labute approximate surface area is 183 Å². The minimum absolute atomic E-state index is 0.0866. The van der Waals surface area contributed by atoms with E-state index >= 15 is 0 Å². The van der Waals surface area contributed by atoms with Gasteiger partial charge in [-0.2, -0.15) is 0 Å². The van der Waals surface area contributed by atoms with Gasteiger partial charge in [0.05, 0.1) is 17.0 Å². The van der Waals surface area contributed by atoms with E-state index in [1.165, 1.54) is 11.8 Å². The van der Waals surface area contributed by atoms with E-state index in [-0.39, 0.29) is 12.5 Å². The molecular weight excluding hydrogens is 416 g/mol. The molecule has 0 radical (unpaired) electrons. The van der Waals surface area contributed by atoms with Crippen molar-refractivity contribution < 1.29 is 9.59 Å². The number of pyridine rings is 1. The molecule has 152 valence electrons. The topological polar surface area (TPSA) is 81.2 Å². The average Bonchev–Trinajstić information content (AvgIpc) is 3.20. The molecule has 2 aromatic heterocycles. The molecule has 0 saturated carbocycles. The minimum Gasteiger partial charge on any atom is -0.368 e. The SMILES string of the molecule is CCc1cccc2c(/C=C3\SC(=S)N(Cc4cccnc4)C3=O)cn(CC(N)=O)c12. The maximum atomic E-state index is 13.0. The highest BCUT2D eigenvalue weighted by molar-refractivity contribution is 8.26. The van der Waals surface area contributed by atoms with Crippen molar-refractivity contribution in [1.82, 2.24) is 14.5 Å². The summed E-state index contributed by atoms with van der Waals surface area (Å²) in [7, 11) is 0. The second-order valence-electron chi connectivity index (χ2n) is 6.97. The summed E-state index contributed by atoms with van der Waals surface area (Å²) < 4.78 is 2.38. The van der Waals surface area contributed by atoms with Crippen LogP contribution in [0.1, 0.15) is 23.6 Å². The number of nitrogens with two attached hydrogens (primary N) is 1. The summed E-state index contributed by atoms with van der Waals surface area (Å²) in [5.41, 5.74) is 9.32. The molecule has 1 saturated heterocycles. The maximum Gasteiger partial charge on any atom is 0.266 e. The lowest BCUT2D eigenvalue weighted by atomic mass is 10.1. The molecule has 1 aliphatic rings. The predicted octanol–water partition coefficient (Wildman–Crippen LogP) is 3.49. The number of carbonyl (C=O) groups is 2. The largest absolute Gasteiger partial charge is 0.368 e. The van der Waals surface area contributed by atoms with E-state index in [4.69, 9.17) is 18.0 Å². The number of para-hydroxylation sites is 1. The van der Waals surface area contributed by atoms with Gasteiger partial charge in [0.1, 0.15) is 10.9 Å².